The number of ether oxygens (including phenoxy) is 1. The van der Waals surface area contributed by atoms with Crippen molar-refractivity contribution in [2.45, 2.75) is 0 Å². The highest BCUT2D eigenvalue weighted by Gasteiger charge is 2.32. The van der Waals surface area contributed by atoms with Crippen LogP contribution in [0.3, 0.4) is 0 Å². The Morgan fingerprint density at radius 3 is 2.47 bits per heavy atom. The molecule has 0 radical (unpaired) electrons. The van der Waals surface area contributed by atoms with Crippen molar-refractivity contribution in [3.05, 3.63) is 16.7 Å². The average Bonchev–Trinajstić information content (AvgIpc) is 2.28. The topological polar surface area (TPSA) is 106 Å². The molecule has 0 bridgehead atoms. The summed E-state index contributed by atoms with van der Waals surface area (Å²) in [7, 11) is -0.221. The van der Waals surface area contributed by atoms with Gasteiger partial charge in [-0.05, 0) is 22.0 Å². The smallest absolute Gasteiger partial charge is 0.334 e. The van der Waals surface area contributed by atoms with Crippen LogP contribution in [0.5, 0.6) is 5.88 Å². The molecule has 0 atom stereocenters. The Bertz CT molecular complexity index is 590. The van der Waals surface area contributed by atoms with Crippen molar-refractivity contribution >= 4 is 37.9 Å². The molecule has 1 heterocycles. The van der Waals surface area contributed by atoms with Crippen molar-refractivity contribution in [1.29, 1.82) is 0 Å². The first-order chi connectivity index (χ1) is 8.71. The molecule has 10 heteroatoms. The minimum Gasteiger partial charge on any atom is -0.479 e. The lowest BCUT2D eigenvalue weighted by Crippen LogP contribution is -2.46. The Morgan fingerprint density at radius 2 is 2.05 bits per heavy atom. The van der Waals surface area contributed by atoms with Gasteiger partial charge in [-0.15, -0.1) is 0 Å². The molecule has 8 nitrogen and oxygen atoms in total. The number of pyridine rings is 1. The molecule has 2 amide bonds. The van der Waals surface area contributed by atoms with Gasteiger partial charge in [0, 0.05) is 24.8 Å². The van der Waals surface area contributed by atoms with Crippen molar-refractivity contribution in [2.24, 2.45) is 5.73 Å². The molecule has 0 saturated carbocycles. The quantitative estimate of drug-likeness (QED) is 0.851. The molecule has 0 aliphatic heterocycles. The van der Waals surface area contributed by atoms with E-state index in [1.807, 2.05) is 0 Å². The van der Waals surface area contributed by atoms with Gasteiger partial charge in [0.15, 0.2) is 0 Å². The molecule has 0 aliphatic rings. The number of hydrogen-bond donors (Lipinski definition) is 1. The third-order valence-electron chi connectivity index (χ3n) is 2.10. The van der Waals surface area contributed by atoms with E-state index in [0.717, 1.165) is 4.31 Å². The van der Waals surface area contributed by atoms with Crippen LogP contribution in [0.15, 0.2) is 16.7 Å². The first-order valence-corrected chi connectivity index (χ1v) is 7.12. The van der Waals surface area contributed by atoms with E-state index >= 15 is 0 Å². The van der Waals surface area contributed by atoms with Gasteiger partial charge in [-0.1, -0.05) is 0 Å². The van der Waals surface area contributed by atoms with Gasteiger partial charge in [0.1, 0.15) is 5.69 Å². The minimum atomic E-state index is -4.09. The number of amides is 2. The van der Waals surface area contributed by atoms with Gasteiger partial charge in [-0.3, -0.25) is 0 Å². The molecular formula is C9H13BrN4O4S. The van der Waals surface area contributed by atoms with Crippen LogP contribution in [0.4, 0.5) is 10.5 Å². The number of methoxy groups -OCH3 is 1. The first-order valence-electron chi connectivity index (χ1n) is 4.93. The maximum atomic E-state index is 12.1. The number of rotatable bonds is 4. The maximum Gasteiger partial charge on any atom is 0.334 e. The molecule has 1 aromatic rings. The predicted molar refractivity (Wildman–Crippen MR) is 73.2 cm³/mol. The van der Waals surface area contributed by atoms with Crippen LogP contribution in [0.2, 0.25) is 0 Å². The van der Waals surface area contributed by atoms with Crippen LogP contribution in [-0.2, 0) is 10.2 Å². The fourth-order valence-corrected chi connectivity index (χ4v) is 2.49. The van der Waals surface area contributed by atoms with Crippen molar-refractivity contribution < 1.29 is 17.9 Å². The van der Waals surface area contributed by atoms with E-state index in [-0.39, 0.29) is 11.6 Å². The van der Waals surface area contributed by atoms with Gasteiger partial charge in [0.2, 0.25) is 5.88 Å². The summed E-state index contributed by atoms with van der Waals surface area (Å²) in [4.78, 5) is 15.3. The molecular weight excluding hydrogens is 340 g/mol. The lowest BCUT2D eigenvalue weighted by molar-refractivity contribution is 0.256. The van der Waals surface area contributed by atoms with Crippen LogP contribution >= 0.6 is 15.9 Å². The van der Waals surface area contributed by atoms with E-state index < -0.39 is 16.2 Å². The Hall–Kier alpha value is -1.39. The number of primary amides is 1. The lowest BCUT2D eigenvalue weighted by atomic mass is 10.4. The summed E-state index contributed by atoms with van der Waals surface area (Å²) < 4.78 is 30.9. The van der Waals surface area contributed by atoms with Crippen LogP contribution in [0.25, 0.3) is 0 Å². The first kappa shape index (κ1) is 15.7. The fraction of sp³-hybridized carbons (Fsp3) is 0.333. The molecule has 0 aromatic carbocycles. The molecule has 0 fully saturated rings. The second-order valence-corrected chi connectivity index (χ2v) is 6.48. The molecule has 19 heavy (non-hydrogen) atoms. The largest absolute Gasteiger partial charge is 0.479 e. The standard InChI is InChI=1S/C9H13BrN4O4S/c1-13(2)19(16,17)14(9(11)15)7-4-6(10)5-12-8(7)18-3/h4-5H,1-3H3,(H2,11,15). The van der Waals surface area contributed by atoms with Gasteiger partial charge < -0.3 is 10.5 Å². The highest BCUT2D eigenvalue weighted by Crippen LogP contribution is 2.31. The zero-order valence-electron chi connectivity index (χ0n) is 10.5. The second kappa shape index (κ2) is 5.72. The summed E-state index contributed by atoms with van der Waals surface area (Å²) in [5, 5.41) is 0. The van der Waals surface area contributed by atoms with E-state index in [2.05, 4.69) is 20.9 Å². The number of anilines is 1. The molecule has 0 spiro atoms. The van der Waals surface area contributed by atoms with Crippen molar-refractivity contribution in [3.63, 3.8) is 0 Å². The monoisotopic (exact) mass is 352 g/mol. The van der Waals surface area contributed by atoms with Crippen molar-refractivity contribution in [3.8, 4) is 5.88 Å². The van der Waals surface area contributed by atoms with Crippen molar-refractivity contribution in [1.82, 2.24) is 9.29 Å². The fourth-order valence-electron chi connectivity index (χ4n) is 1.24. The summed E-state index contributed by atoms with van der Waals surface area (Å²) in [6.07, 6.45) is 1.41. The Morgan fingerprint density at radius 1 is 1.47 bits per heavy atom. The molecule has 0 unspecified atom stereocenters. The Labute approximate surface area is 119 Å². The van der Waals surface area contributed by atoms with Gasteiger partial charge >= 0.3 is 16.2 Å². The highest BCUT2D eigenvalue weighted by atomic mass is 79.9. The molecule has 0 saturated heterocycles. The van der Waals surface area contributed by atoms with Gasteiger partial charge in [0.25, 0.3) is 0 Å². The Kier molecular flexibility index (Phi) is 4.71. The maximum absolute atomic E-state index is 12.1. The molecule has 0 aliphatic carbocycles. The van der Waals surface area contributed by atoms with Crippen LogP contribution in [0.1, 0.15) is 0 Å². The SMILES string of the molecule is COc1ncc(Br)cc1N(C(N)=O)S(=O)(=O)N(C)C. The molecule has 2 N–H and O–H groups in total. The average molecular weight is 353 g/mol. The highest BCUT2D eigenvalue weighted by molar-refractivity contribution is 9.10. The molecule has 1 rings (SSSR count). The predicted octanol–water partition coefficient (Wildman–Crippen LogP) is 0.544. The summed E-state index contributed by atoms with van der Waals surface area (Å²) in [5.74, 6) is -0.0348. The van der Waals surface area contributed by atoms with Crippen LogP contribution < -0.4 is 14.8 Å². The number of hydrogen-bond acceptors (Lipinski definition) is 5. The number of halogens is 1. The lowest BCUT2D eigenvalue weighted by Gasteiger charge is -2.24. The van der Waals surface area contributed by atoms with Gasteiger partial charge in [-0.25, -0.2) is 9.78 Å². The normalized spacial score (nSPS) is 11.4. The van der Waals surface area contributed by atoms with E-state index in [1.54, 1.807) is 0 Å². The van der Waals surface area contributed by atoms with E-state index in [0.29, 0.717) is 8.78 Å². The molecule has 1 aromatic heterocycles. The summed E-state index contributed by atoms with van der Waals surface area (Å²) >= 11 is 3.14. The van der Waals surface area contributed by atoms with Crippen LogP contribution in [0, 0.1) is 0 Å². The minimum absolute atomic E-state index is 0.0348. The number of urea groups is 1. The van der Waals surface area contributed by atoms with E-state index in [1.165, 1.54) is 33.5 Å². The zero-order chi connectivity index (χ0) is 14.8. The number of carbonyl (C=O) groups is 1. The number of nitrogens with two attached hydrogens (primary N) is 1. The van der Waals surface area contributed by atoms with Crippen molar-refractivity contribution in [2.75, 3.05) is 25.5 Å². The Balaban J connectivity index is 3.53. The molecule has 106 valence electrons. The van der Waals surface area contributed by atoms with E-state index in [9.17, 15) is 13.2 Å². The second-order valence-electron chi connectivity index (χ2n) is 3.57. The zero-order valence-corrected chi connectivity index (χ0v) is 12.9. The van der Waals surface area contributed by atoms with Crippen LogP contribution in [-0.4, -0.2) is 44.9 Å². The third kappa shape index (κ3) is 3.14. The number of nitrogens with zero attached hydrogens (tertiary/aromatic N) is 3. The third-order valence-corrected chi connectivity index (χ3v) is 4.30. The van der Waals surface area contributed by atoms with E-state index in [4.69, 9.17) is 10.5 Å². The number of carbonyl (C=O) groups excluding carboxylic acids is 1. The summed E-state index contributed by atoms with van der Waals surface area (Å²) in [6.45, 7) is 0. The van der Waals surface area contributed by atoms with Gasteiger partial charge in [0.05, 0.1) is 7.11 Å². The van der Waals surface area contributed by atoms with Gasteiger partial charge in [-0.2, -0.15) is 17.0 Å². The summed E-state index contributed by atoms with van der Waals surface area (Å²) in [6, 6.07) is 0.212. The number of aromatic nitrogens is 1. The summed E-state index contributed by atoms with van der Waals surface area (Å²) in [5.41, 5.74) is 5.08.